The summed E-state index contributed by atoms with van der Waals surface area (Å²) in [5.41, 5.74) is 0.753. The molecule has 3 aromatic heterocycles. The number of anilines is 1. The maximum absolute atomic E-state index is 13.4. The lowest BCUT2D eigenvalue weighted by Crippen LogP contribution is -2.32. The van der Waals surface area contributed by atoms with E-state index in [1.54, 1.807) is 51.1 Å². The van der Waals surface area contributed by atoms with Gasteiger partial charge in [0.25, 0.3) is 0 Å². The molecule has 4 rings (SSSR count). The van der Waals surface area contributed by atoms with Crippen LogP contribution in [0.4, 0.5) is 5.95 Å². The van der Waals surface area contributed by atoms with Crippen molar-refractivity contribution >= 4 is 16.0 Å². The molecule has 4 aromatic rings. The molecule has 0 saturated carbocycles. The van der Waals surface area contributed by atoms with Gasteiger partial charge in [-0.3, -0.25) is 9.29 Å². The standard InChI is InChI=1S/C23H27N5O7S/c1-12-10-11-18(34-12)22-25-26-23(28(22)19-16(32-5)8-7-9-17(19)33-6)27-36(30,31)14(3)20(29)21-13(2)24-15(4)35-21/h7-11,14,20,29H,1-6H3,(H,26,27)/t14-,20+/m0/s1. The van der Waals surface area contributed by atoms with E-state index >= 15 is 0 Å². The number of hydrogen-bond donors (Lipinski definition) is 2. The molecule has 192 valence electrons. The number of oxazole rings is 1. The summed E-state index contributed by atoms with van der Waals surface area (Å²) in [5, 5.41) is 17.7. The van der Waals surface area contributed by atoms with Crippen LogP contribution in [0.25, 0.3) is 17.3 Å². The molecule has 3 heterocycles. The summed E-state index contributed by atoms with van der Waals surface area (Å²) in [4.78, 5) is 4.10. The van der Waals surface area contributed by atoms with Crippen LogP contribution in [0.3, 0.4) is 0 Å². The highest BCUT2D eigenvalue weighted by Crippen LogP contribution is 2.38. The van der Waals surface area contributed by atoms with E-state index in [0.717, 1.165) is 0 Å². The fourth-order valence-electron chi connectivity index (χ4n) is 3.75. The summed E-state index contributed by atoms with van der Waals surface area (Å²) in [6, 6.07) is 8.55. The van der Waals surface area contributed by atoms with Crippen molar-refractivity contribution in [3.05, 3.63) is 53.4 Å². The molecule has 0 amide bonds. The molecule has 0 spiro atoms. The molecule has 0 radical (unpaired) electrons. The third kappa shape index (κ3) is 4.54. The number of methoxy groups -OCH3 is 2. The first kappa shape index (κ1) is 25.3. The highest BCUT2D eigenvalue weighted by Gasteiger charge is 2.35. The van der Waals surface area contributed by atoms with Gasteiger partial charge in [-0.15, -0.1) is 10.2 Å². The molecule has 0 saturated heterocycles. The number of rotatable bonds is 9. The molecule has 1 aromatic carbocycles. The topological polar surface area (TPSA) is 155 Å². The Kier molecular flexibility index (Phi) is 6.78. The number of sulfonamides is 1. The van der Waals surface area contributed by atoms with Crippen LogP contribution in [0, 0.1) is 20.8 Å². The number of furan rings is 1. The third-order valence-electron chi connectivity index (χ3n) is 5.62. The number of hydrogen-bond acceptors (Lipinski definition) is 10. The highest BCUT2D eigenvalue weighted by atomic mass is 32.2. The monoisotopic (exact) mass is 517 g/mol. The van der Waals surface area contributed by atoms with Crippen molar-refractivity contribution in [3.8, 4) is 28.8 Å². The lowest BCUT2D eigenvalue weighted by molar-refractivity contribution is 0.146. The van der Waals surface area contributed by atoms with E-state index < -0.39 is 21.4 Å². The van der Waals surface area contributed by atoms with Gasteiger partial charge in [-0.1, -0.05) is 6.07 Å². The van der Waals surface area contributed by atoms with Gasteiger partial charge in [-0.25, -0.2) is 13.4 Å². The van der Waals surface area contributed by atoms with Gasteiger partial charge in [-0.2, -0.15) is 0 Å². The number of nitrogens with one attached hydrogen (secondary N) is 1. The van der Waals surface area contributed by atoms with Crippen molar-refractivity contribution in [1.29, 1.82) is 0 Å². The van der Waals surface area contributed by atoms with Gasteiger partial charge in [-0.05, 0) is 45.0 Å². The number of aliphatic hydroxyl groups is 1. The molecular formula is C23H27N5O7S. The van der Waals surface area contributed by atoms with Crippen molar-refractivity contribution < 1.29 is 31.8 Å². The number of aromatic nitrogens is 4. The van der Waals surface area contributed by atoms with Gasteiger partial charge in [0.1, 0.15) is 34.3 Å². The van der Waals surface area contributed by atoms with Crippen LogP contribution >= 0.6 is 0 Å². The predicted octanol–water partition coefficient (Wildman–Crippen LogP) is 3.32. The summed E-state index contributed by atoms with van der Waals surface area (Å²) < 4.78 is 52.8. The van der Waals surface area contributed by atoms with E-state index in [1.165, 1.54) is 25.7 Å². The van der Waals surface area contributed by atoms with E-state index in [9.17, 15) is 13.5 Å². The minimum atomic E-state index is -4.22. The molecule has 0 aliphatic heterocycles. The molecule has 36 heavy (non-hydrogen) atoms. The maximum Gasteiger partial charge on any atom is 0.243 e. The molecule has 0 aliphatic rings. The molecule has 0 fully saturated rings. The van der Waals surface area contributed by atoms with Crippen molar-refractivity contribution in [2.75, 3.05) is 18.9 Å². The van der Waals surface area contributed by atoms with Crippen LogP contribution in [0.5, 0.6) is 11.5 Å². The number of aryl methyl sites for hydroxylation is 3. The zero-order chi connectivity index (χ0) is 26.2. The second kappa shape index (κ2) is 9.66. The zero-order valence-electron chi connectivity index (χ0n) is 20.6. The number of benzene rings is 1. The Balaban J connectivity index is 1.83. The molecule has 2 atom stereocenters. The molecule has 0 unspecified atom stereocenters. The average molecular weight is 518 g/mol. The molecule has 0 aliphatic carbocycles. The SMILES string of the molecule is COc1cccc(OC)c1-n1c(NS(=O)(=O)[C@@H](C)[C@@H](O)c2oc(C)nc2C)nnc1-c1ccc(C)o1. The van der Waals surface area contributed by atoms with Crippen molar-refractivity contribution in [2.45, 2.75) is 39.0 Å². The largest absolute Gasteiger partial charge is 0.494 e. The summed E-state index contributed by atoms with van der Waals surface area (Å²) in [6.07, 6.45) is -1.48. The number of para-hydroxylation sites is 1. The number of ether oxygens (including phenoxy) is 2. The molecule has 12 nitrogen and oxygen atoms in total. The second-order valence-corrected chi connectivity index (χ2v) is 10.1. The number of nitrogens with zero attached hydrogens (tertiary/aromatic N) is 4. The molecular weight excluding hydrogens is 490 g/mol. The predicted molar refractivity (Wildman–Crippen MR) is 130 cm³/mol. The smallest absolute Gasteiger partial charge is 0.243 e. The zero-order valence-corrected chi connectivity index (χ0v) is 21.5. The van der Waals surface area contributed by atoms with Gasteiger partial charge >= 0.3 is 0 Å². The molecule has 0 bridgehead atoms. The van der Waals surface area contributed by atoms with E-state index in [2.05, 4.69) is 19.9 Å². The van der Waals surface area contributed by atoms with E-state index in [4.69, 9.17) is 18.3 Å². The van der Waals surface area contributed by atoms with Crippen molar-refractivity contribution in [3.63, 3.8) is 0 Å². The Morgan fingerprint density at radius 2 is 1.69 bits per heavy atom. The first-order valence-electron chi connectivity index (χ1n) is 10.9. The van der Waals surface area contributed by atoms with Gasteiger partial charge in [0.05, 0.1) is 19.9 Å². The van der Waals surface area contributed by atoms with Crippen molar-refractivity contribution in [2.24, 2.45) is 0 Å². The first-order chi connectivity index (χ1) is 17.1. The number of aliphatic hydroxyl groups excluding tert-OH is 1. The molecule has 2 N–H and O–H groups in total. The fraction of sp³-hybridized carbons (Fsp3) is 0.348. The van der Waals surface area contributed by atoms with E-state index in [0.29, 0.717) is 40.3 Å². The Bertz CT molecular complexity index is 1470. The van der Waals surface area contributed by atoms with Crippen LogP contribution in [0.15, 0.2) is 39.2 Å². The van der Waals surface area contributed by atoms with Crippen LogP contribution in [-0.4, -0.2) is 52.7 Å². The summed E-state index contributed by atoms with van der Waals surface area (Å²) >= 11 is 0. The quantitative estimate of drug-likeness (QED) is 0.338. The normalized spacial score (nSPS) is 13.4. The average Bonchev–Trinajstić information content (AvgIpc) is 3.55. The Morgan fingerprint density at radius 1 is 1.03 bits per heavy atom. The van der Waals surface area contributed by atoms with Gasteiger partial charge in [0, 0.05) is 6.92 Å². The van der Waals surface area contributed by atoms with Crippen LogP contribution in [0.2, 0.25) is 0 Å². The van der Waals surface area contributed by atoms with Gasteiger partial charge < -0.3 is 23.4 Å². The van der Waals surface area contributed by atoms with Gasteiger partial charge in [0.2, 0.25) is 21.8 Å². The lowest BCUT2D eigenvalue weighted by atomic mass is 10.2. The summed E-state index contributed by atoms with van der Waals surface area (Å²) in [5.74, 6) is 2.16. The van der Waals surface area contributed by atoms with Crippen molar-refractivity contribution in [1.82, 2.24) is 19.7 Å². The Hall–Kier alpha value is -3.84. The summed E-state index contributed by atoms with van der Waals surface area (Å²) in [7, 11) is -1.27. The third-order valence-corrected chi connectivity index (χ3v) is 7.33. The minimum Gasteiger partial charge on any atom is -0.494 e. The van der Waals surface area contributed by atoms with Crippen LogP contribution in [-0.2, 0) is 10.0 Å². The Labute approximate surface area is 207 Å². The Morgan fingerprint density at radius 3 is 2.22 bits per heavy atom. The van der Waals surface area contributed by atoms with E-state index in [1.807, 2.05) is 0 Å². The van der Waals surface area contributed by atoms with Crippen LogP contribution in [0.1, 0.15) is 36.1 Å². The first-order valence-corrected chi connectivity index (χ1v) is 12.5. The fourth-order valence-corrected chi connectivity index (χ4v) is 4.79. The lowest BCUT2D eigenvalue weighted by Gasteiger charge is -2.20. The van der Waals surface area contributed by atoms with Crippen LogP contribution < -0.4 is 14.2 Å². The molecule has 13 heteroatoms. The maximum atomic E-state index is 13.4. The van der Waals surface area contributed by atoms with E-state index in [-0.39, 0.29) is 17.5 Å². The second-order valence-electron chi connectivity index (χ2n) is 8.08. The van der Waals surface area contributed by atoms with Gasteiger partial charge in [0.15, 0.2) is 17.4 Å². The minimum absolute atomic E-state index is 0.0741. The highest BCUT2D eigenvalue weighted by molar-refractivity contribution is 7.93. The summed E-state index contributed by atoms with van der Waals surface area (Å²) in [6.45, 7) is 6.37.